The molecule has 0 saturated heterocycles. The average molecular weight is 326 g/mol. The van der Waals surface area contributed by atoms with E-state index in [0.717, 1.165) is 29.1 Å². The summed E-state index contributed by atoms with van der Waals surface area (Å²) in [5, 5.41) is 7.97. The molecule has 1 aliphatic rings. The maximum atomic E-state index is 12.3. The number of pyridine rings is 1. The molecule has 0 aliphatic heterocycles. The Balaban J connectivity index is 1.54. The molecule has 3 aromatic rings. The van der Waals surface area contributed by atoms with Crippen LogP contribution in [0.25, 0.3) is 11.3 Å². The Hall–Kier alpha value is -2.61. The van der Waals surface area contributed by atoms with Crippen molar-refractivity contribution in [2.24, 2.45) is 7.05 Å². The second kappa shape index (κ2) is 5.54. The van der Waals surface area contributed by atoms with Gasteiger partial charge < -0.3 is 0 Å². The predicted octanol–water partition coefficient (Wildman–Crippen LogP) is 2.46. The monoisotopic (exact) mass is 326 g/mol. The number of rotatable bonds is 4. The largest absolute Gasteiger partial charge is 0.288 e. The van der Waals surface area contributed by atoms with Crippen molar-refractivity contribution in [3.8, 4) is 11.3 Å². The van der Waals surface area contributed by atoms with Gasteiger partial charge >= 0.3 is 0 Å². The molecule has 1 fully saturated rings. The zero-order valence-corrected chi connectivity index (χ0v) is 13.2. The first-order valence-electron chi connectivity index (χ1n) is 7.30. The summed E-state index contributed by atoms with van der Waals surface area (Å²) in [5.74, 6) is 0.580. The highest BCUT2D eigenvalue weighted by Crippen LogP contribution is 2.41. The molecule has 0 unspecified atom stereocenters. The van der Waals surface area contributed by atoms with Crippen LogP contribution in [-0.2, 0) is 7.05 Å². The smallest absolute Gasteiger partial charge is 0.278 e. The standard InChI is InChI=1S/C15H14N6OS/c1-21-12(10-3-2-6-16-8-10)7-11(19-21)13(22)17-15-18-14(23-20-15)9-4-5-9/h2-3,6-9H,4-5H2,1H3,(H,17,20,22). The summed E-state index contributed by atoms with van der Waals surface area (Å²) in [5.41, 5.74) is 2.06. The fourth-order valence-corrected chi connectivity index (χ4v) is 3.09. The van der Waals surface area contributed by atoms with Gasteiger partial charge in [0.1, 0.15) is 5.01 Å². The van der Waals surface area contributed by atoms with Crippen LogP contribution in [0.3, 0.4) is 0 Å². The lowest BCUT2D eigenvalue weighted by molar-refractivity contribution is 0.102. The highest BCUT2D eigenvalue weighted by atomic mass is 32.1. The zero-order valence-electron chi connectivity index (χ0n) is 12.4. The molecule has 0 spiro atoms. The van der Waals surface area contributed by atoms with Crippen molar-refractivity contribution in [3.05, 3.63) is 41.3 Å². The Morgan fingerprint density at radius 1 is 1.43 bits per heavy atom. The van der Waals surface area contributed by atoms with E-state index in [-0.39, 0.29) is 5.91 Å². The predicted molar refractivity (Wildman–Crippen MR) is 86.3 cm³/mol. The molecule has 3 aromatic heterocycles. The Kier molecular flexibility index (Phi) is 3.38. The maximum Gasteiger partial charge on any atom is 0.278 e. The van der Waals surface area contributed by atoms with E-state index in [1.165, 1.54) is 11.5 Å². The Morgan fingerprint density at radius 3 is 3.04 bits per heavy atom. The van der Waals surface area contributed by atoms with Crippen LogP contribution in [0, 0.1) is 0 Å². The number of carbonyl (C=O) groups excluding carboxylic acids is 1. The first kappa shape index (κ1) is 14.0. The fourth-order valence-electron chi connectivity index (χ4n) is 2.31. The number of amides is 1. The normalized spacial score (nSPS) is 14.0. The van der Waals surface area contributed by atoms with E-state index in [1.807, 2.05) is 12.1 Å². The molecule has 3 heterocycles. The van der Waals surface area contributed by atoms with Gasteiger partial charge in [-0.15, -0.1) is 0 Å². The van der Waals surface area contributed by atoms with Gasteiger partial charge in [-0.1, -0.05) is 0 Å². The topological polar surface area (TPSA) is 85.6 Å². The van der Waals surface area contributed by atoms with Crippen molar-refractivity contribution < 1.29 is 4.79 Å². The van der Waals surface area contributed by atoms with E-state index < -0.39 is 0 Å². The van der Waals surface area contributed by atoms with Crippen LogP contribution in [0.1, 0.15) is 34.3 Å². The minimum absolute atomic E-state index is 0.309. The number of aromatic nitrogens is 5. The molecular weight excluding hydrogens is 312 g/mol. The lowest BCUT2D eigenvalue weighted by Crippen LogP contribution is -2.14. The number of carbonyl (C=O) groups is 1. The molecule has 4 rings (SSSR count). The second-order valence-corrected chi connectivity index (χ2v) is 6.25. The van der Waals surface area contributed by atoms with Crippen molar-refractivity contribution in [1.29, 1.82) is 0 Å². The first-order valence-corrected chi connectivity index (χ1v) is 8.07. The number of aryl methyl sites for hydroxylation is 1. The number of nitrogens with one attached hydrogen (secondary N) is 1. The molecular formula is C15H14N6OS. The van der Waals surface area contributed by atoms with Gasteiger partial charge in [-0.3, -0.25) is 19.8 Å². The van der Waals surface area contributed by atoms with Crippen molar-refractivity contribution >= 4 is 23.4 Å². The summed E-state index contributed by atoms with van der Waals surface area (Å²) in [6, 6.07) is 5.51. The minimum atomic E-state index is -0.309. The maximum absolute atomic E-state index is 12.3. The van der Waals surface area contributed by atoms with E-state index in [4.69, 9.17) is 0 Å². The van der Waals surface area contributed by atoms with Crippen molar-refractivity contribution in [2.75, 3.05) is 5.32 Å². The highest BCUT2D eigenvalue weighted by molar-refractivity contribution is 7.05. The van der Waals surface area contributed by atoms with Crippen molar-refractivity contribution in [3.63, 3.8) is 0 Å². The molecule has 1 aliphatic carbocycles. The summed E-state index contributed by atoms with van der Waals surface area (Å²) >= 11 is 1.35. The van der Waals surface area contributed by atoms with E-state index in [2.05, 4.69) is 24.8 Å². The van der Waals surface area contributed by atoms with Gasteiger partial charge in [-0.05, 0) is 42.6 Å². The van der Waals surface area contributed by atoms with E-state index in [1.54, 1.807) is 30.2 Å². The Morgan fingerprint density at radius 2 is 2.30 bits per heavy atom. The summed E-state index contributed by atoms with van der Waals surface area (Å²) < 4.78 is 5.85. The minimum Gasteiger partial charge on any atom is -0.288 e. The molecule has 1 saturated carbocycles. The molecule has 7 nitrogen and oxygen atoms in total. The first-order chi connectivity index (χ1) is 11.2. The van der Waals surface area contributed by atoms with Gasteiger partial charge in [0.25, 0.3) is 5.91 Å². The van der Waals surface area contributed by atoms with Crippen molar-refractivity contribution in [2.45, 2.75) is 18.8 Å². The summed E-state index contributed by atoms with van der Waals surface area (Å²) in [7, 11) is 1.80. The van der Waals surface area contributed by atoms with Gasteiger partial charge in [0.05, 0.1) is 5.69 Å². The zero-order chi connectivity index (χ0) is 15.8. The quantitative estimate of drug-likeness (QED) is 0.796. The highest BCUT2D eigenvalue weighted by Gasteiger charge is 2.27. The van der Waals surface area contributed by atoms with Crippen molar-refractivity contribution in [1.82, 2.24) is 24.1 Å². The number of hydrogen-bond donors (Lipinski definition) is 1. The van der Waals surface area contributed by atoms with Crippen LogP contribution in [0.4, 0.5) is 5.95 Å². The van der Waals surface area contributed by atoms with Crippen LogP contribution in [0.15, 0.2) is 30.6 Å². The molecule has 0 bridgehead atoms. The molecule has 8 heteroatoms. The third-order valence-electron chi connectivity index (χ3n) is 3.66. The van der Waals surface area contributed by atoms with E-state index in [9.17, 15) is 4.79 Å². The number of nitrogens with zero attached hydrogens (tertiary/aromatic N) is 5. The van der Waals surface area contributed by atoms with Crippen LogP contribution < -0.4 is 5.32 Å². The number of anilines is 1. The summed E-state index contributed by atoms with van der Waals surface area (Å²) in [6.07, 6.45) is 5.77. The molecule has 116 valence electrons. The van der Waals surface area contributed by atoms with Gasteiger partial charge in [-0.2, -0.15) is 9.47 Å². The van der Waals surface area contributed by atoms with Gasteiger partial charge in [0.15, 0.2) is 5.69 Å². The Labute approximate surface area is 136 Å². The third-order valence-corrected chi connectivity index (χ3v) is 4.54. The lowest BCUT2D eigenvalue weighted by Gasteiger charge is -1.99. The van der Waals surface area contributed by atoms with Crippen LogP contribution >= 0.6 is 11.5 Å². The molecule has 23 heavy (non-hydrogen) atoms. The van der Waals surface area contributed by atoms with E-state index in [0.29, 0.717) is 17.6 Å². The summed E-state index contributed by atoms with van der Waals surface area (Å²) in [6.45, 7) is 0. The Bertz CT molecular complexity index is 852. The van der Waals surface area contributed by atoms with E-state index >= 15 is 0 Å². The van der Waals surface area contributed by atoms with Crippen LogP contribution in [0.5, 0.6) is 0 Å². The van der Waals surface area contributed by atoms with Crippen LogP contribution in [0.2, 0.25) is 0 Å². The molecule has 0 radical (unpaired) electrons. The van der Waals surface area contributed by atoms with Gasteiger partial charge in [0.2, 0.25) is 5.95 Å². The molecule has 1 amide bonds. The van der Waals surface area contributed by atoms with Crippen LogP contribution in [-0.4, -0.2) is 30.0 Å². The molecule has 0 aromatic carbocycles. The number of hydrogen-bond acceptors (Lipinski definition) is 6. The lowest BCUT2D eigenvalue weighted by atomic mass is 10.2. The molecule has 0 atom stereocenters. The second-order valence-electron chi connectivity index (χ2n) is 5.46. The average Bonchev–Trinajstić information content (AvgIpc) is 3.19. The fraction of sp³-hybridized carbons (Fsp3) is 0.267. The third kappa shape index (κ3) is 2.85. The van der Waals surface area contributed by atoms with Gasteiger partial charge in [0, 0.05) is 30.9 Å². The van der Waals surface area contributed by atoms with Gasteiger partial charge in [-0.25, -0.2) is 4.98 Å². The summed E-state index contributed by atoms with van der Waals surface area (Å²) in [4.78, 5) is 20.8. The SMILES string of the molecule is Cn1nc(C(=O)Nc2nsc(C3CC3)n2)cc1-c1cccnc1. The molecule has 1 N–H and O–H groups in total.